The van der Waals surface area contributed by atoms with Gasteiger partial charge < -0.3 is 10.1 Å². The second-order valence-electron chi connectivity index (χ2n) is 6.26. The SMILES string of the molecule is COC(=O)[C@@H](NC(=O)C=Cc1c(C)nn(-c2ccc(F)cc2)c1Cl)C(C)C. The molecule has 0 saturated heterocycles. The number of benzene rings is 1. The summed E-state index contributed by atoms with van der Waals surface area (Å²) in [5.41, 5.74) is 1.75. The first-order chi connectivity index (χ1) is 12.7. The van der Waals surface area contributed by atoms with Crippen molar-refractivity contribution in [3.05, 3.63) is 52.6 Å². The molecule has 0 bridgehead atoms. The largest absolute Gasteiger partial charge is 0.467 e. The van der Waals surface area contributed by atoms with Crippen molar-refractivity contribution in [2.45, 2.75) is 26.8 Å². The van der Waals surface area contributed by atoms with Crippen LogP contribution in [0.1, 0.15) is 25.1 Å². The maximum absolute atomic E-state index is 13.1. The molecule has 8 heteroatoms. The molecule has 2 aromatic rings. The minimum Gasteiger partial charge on any atom is -0.467 e. The average molecular weight is 394 g/mol. The van der Waals surface area contributed by atoms with Crippen LogP contribution in [0.15, 0.2) is 30.3 Å². The normalized spacial score (nSPS) is 12.4. The predicted molar refractivity (Wildman–Crippen MR) is 101 cm³/mol. The number of methoxy groups -OCH3 is 1. The van der Waals surface area contributed by atoms with Gasteiger partial charge in [-0.15, -0.1) is 0 Å². The van der Waals surface area contributed by atoms with E-state index in [2.05, 4.69) is 10.4 Å². The number of aryl methyl sites for hydroxylation is 1. The van der Waals surface area contributed by atoms with E-state index >= 15 is 0 Å². The molecule has 1 heterocycles. The lowest BCUT2D eigenvalue weighted by molar-refractivity contribution is -0.145. The number of halogens is 2. The Balaban J connectivity index is 2.20. The van der Waals surface area contributed by atoms with E-state index in [0.717, 1.165) is 0 Å². The van der Waals surface area contributed by atoms with E-state index in [0.29, 0.717) is 16.9 Å². The Bertz CT molecular complexity index is 860. The van der Waals surface area contributed by atoms with E-state index in [1.165, 1.54) is 36.1 Å². The minimum absolute atomic E-state index is 0.124. The Morgan fingerprint density at radius 3 is 2.48 bits per heavy atom. The zero-order chi connectivity index (χ0) is 20.1. The van der Waals surface area contributed by atoms with Crippen LogP contribution >= 0.6 is 11.6 Å². The summed E-state index contributed by atoms with van der Waals surface area (Å²) in [6, 6.07) is 4.98. The summed E-state index contributed by atoms with van der Waals surface area (Å²) in [6.45, 7) is 5.35. The van der Waals surface area contributed by atoms with Crippen molar-refractivity contribution in [2.24, 2.45) is 5.92 Å². The lowest BCUT2D eigenvalue weighted by atomic mass is 10.0. The predicted octanol–water partition coefficient (Wildman–Crippen LogP) is 3.30. The number of rotatable bonds is 6. The Kier molecular flexibility index (Phi) is 6.74. The van der Waals surface area contributed by atoms with E-state index in [9.17, 15) is 14.0 Å². The molecular weight excluding hydrogens is 373 g/mol. The van der Waals surface area contributed by atoms with Gasteiger partial charge >= 0.3 is 5.97 Å². The first-order valence-electron chi connectivity index (χ1n) is 8.32. The van der Waals surface area contributed by atoms with Crippen molar-refractivity contribution >= 4 is 29.6 Å². The third-order valence-corrected chi connectivity index (χ3v) is 4.30. The molecule has 0 radical (unpaired) electrons. The van der Waals surface area contributed by atoms with Gasteiger partial charge in [-0.3, -0.25) is 4.79 Å². The van der Waals surface area contributed by atoms with Gasteiger partial charge in [-0.1, -0.05) is 25.4 Å². The summed E-state index contributed by atoms with van der Waals surface area (Å²) in [5, 5.41) is 7.22. The second kappa shape index (κ2) is 8.81. The van der Waals surface area contributed by atoms with Crippen molar-refractivity contribution < 1.29 is 18.7 Å². The summed E-state index contributed by atoms with van der Waals surface area (Å²) < 4.78 is 19.2. The van der Waals surface area contributed by atoms with Gasteiger partial charge in [0.2, 0.25) is 5.91 Å². The molecule has 0 fully saturated rings. The smallest absolute Gasteiger partial charge is 0.328 e. The average Bonchev–Trinajstić information content (AvgIpc) is 2.91. The quantitative estimate of drug-likeness (QED) is 0.603. The number of hydrogen-bond acceptors (Lipinski definition) is 4. The van der Waals surface area contributed by atoms with E-state index < -0.39 is 17.9 Å². The van der Waals surface area contributed by atoms with Gasteiger partial charge in [-0.2, -0.15) is 5.10 Å². The molecule has 0 aliphatic rings. The van der Waals surface area contributed by atoms with Crippen LogP contribution in [-0.2, 0) is 14.3 Å². The molecule has 0 aliphatic heterocycles. The number of esters is 1. The Morgan fingerprint density at radius 2 is 1.93 bits per heavy atom. The molecule has 0 unspecified atom stereocenters. The van der Waals surface area contributed by atoms with Crippen LogP contribution in [0.4, 0.5) is 4.39 Å². The van der Waals surface area contributed by atoms with E-state index in [-0.39, 0.29) is 16.9 Å². The standard InChI is InChI=1S/C19H21ClFN3O3/c1-11(2)17(19(26)27-4)22-16(25)10-9-15-12(3)23-24(18(15)20)14-7-5-13(21)6-8-14/h5-11,17H,1-4H3,(H,22,25)/t17-/m0/s1. The van der Waals surface area contributed by atoms with Gasteiger partial charge in [0.15, 0.2) is 0 Å². The van der Waals surface area contributed by atoms with Gasteiger partial charge in [0.1, 0.15) is 17.0 Å². The van der Waals surface area contributed by atoms with Gasteiger partial charge in [-0.25, -0.2) is 13.9 Å². The maximum Gasteiger partial charge on any atom is 0.328 e. The molecule has 144 valence electrons. The molecule has 1 atom stereocenters. The molecule has 1 aromatic carbocycles. The molecule has 0 aliphatic carbocycles. The molecule has 27 heavy (non-hydrogen) atoms. The minimum atomic E-state index is -0.745. The van der Waals surface area contributed by atoms with Crippen LogP contribution in [0.25, 0.3) is 11.8 Å². The molecule has 6 nitrogen and oxygen atoms in total. The van der Waals surface area contributed by atoms with E-state index in [1.54, 1.807) is 32.9 Å². The first-order valence-corrected chi connectivity index (χ1v) is 8.69. The molecule has 1 N–H and O–H groups in total. The molecule has 1 aromatic heterocycles. The van der Waals surface area contributed by atoms with Crippen molar-refractivity contribution in [2.75, 3.05) is 7.11 Å². The molecular formula is C19H21ClFN3O3. The highest BCUT2D eigenvalue weighted by atomic mass is 35.5. The van der Waals surface area contributed by atoms with Gasteiger partial charge in [0, 0.05) is 11.6 Å². The van der Waals surface area contributed by atoms with Crippen molar-refractivity contribution in [1.29, 1.82) is 0 Å². The van der Waals surface area contributed by atoms with Crippen LogP contribution < -0.4 is 5.32 Å². The van der Waals surface area contributed by atoms with E-state index in [4.69, 9.17) is 16.3 Å². The fraction of sp³-hybridized carbons (Fsp3) is 0.316. The Morgan fingerprint density at radius 1 is 1.30 bits per heavy atom. The van der Waals surface area contributed by atoms with Crippen molar-refractivity contribution in [1.82, 2.24) is 15.1 Å². The fourth-order valence-corrected chi connectivity index (χ4v) is 2.77. The molecule has 2 rings (SSSR count). The number of ether oxygens (including phenoxy) is 1. The molecule has 1 amide bonds. The third kappa shape index (κ3) is 4.95. The van der Waals surface area contributed by atoms with Crippen LogP contribution in [-0.4, -0.2) is 34.8 Å². The highest BCUT2D eigenvalue weighted by molar-refractivity contribution is 6.31. The summed E-state index contributed by atoms with van der Waals surface area (Å²) in [7, 11) is 1.27. The van der Waals surface area contributed by atoms with Crippen LogP contribution in [0.3, 0.4) is 0 Å². The number of nitrogens with one attached hydrogen (secondary N) is 1. The Labute approximate surface area is 162 Å². The number of hydrogen-bond donors (Lipinski definition) is 1. The number of aromatic nitrogens is 2. The number of nitrogens with zero attached hydrogens (tertiary/aromatic N) is 2. The van der Waals surface area contributed by atoms with Crippen LogP contribution in [0.2, 0.25) is 5.15 Å². The molecule has 0 spiro atoms. The Hall–Kier alpha value is -2.67. The maximum atomic E-state index is 13.1. The summed E-state index contributed by atoms with van der Waals surface area (Å²) in [4.78, 5) is 23.9. The zero-order valence-corrected chi connectivity index (χ0v) is 16.2. The van der Waals surface area contributed by atoms with E-state index in [1.807, 2.05) is 0 Å². The lowest BCUT2D eigenvalue weighted by Gasteiger charge is -2.18. The van der Waals surface area contributed by atoms with Crippen molar-refractivity contribution in [3.63, 3.8) is 0 Å². The fourth-order valence-electron chi connectivity index (χ4n) is 2.44. The highest BCUT2D eigenvalue weighted by Crippen LogP contribution is 2.24. The monoisotopic (exact) mass is 393 g/mol. The van der Waals surface area contributed by atoms with Gasteiger partial charge in [0.25, 0.3) is 0 Å². The number of carbonyl (C=O) groups excluding carboxylic acids is 2. The third-order valence-electron chi connectivity index (χ3n) is 3.94. The lowest BCUT2D eigenvalue weighted by Crippen LogP contribution is -2.44. The second-order valence-corrected chi connectivity index (χ2v) is 6.62. The van der Waals surface area contributed by atoms with Gasteiger partial charge in [0.05, 0.1) is 18.5 Å². The zero-order valence-electron chi connectivity index (χ0n) is 15.5. The number of carbonyl (C=O) groups is 2. The highest BCUT2D eigenvalue weighted by Gasteiger charge is 2.24. The topological polar surface area (TPSA) is 73.2 Å². The van der Waals surface area contributed by atoms with Gasteiger partial charge in [-0.05, 0) is 43.2 Å². The summed E-state index contributed by atoms with van der Waals surface area (Å²) in [6.07, 6.45) is 2.80. The summed E-state index contributed by atoms with van der Waals surface area (Å²) in [5.74, 6) is -1.45. The molecule has 0 saturated carbocycles. The van der Waals surface area contributed by atoms with Crippen molar-refractivity contribution in [3.8, 4) is 5.69 Å². The first kappa shape index (κ1) is 20.6. The van der Waals surface area contributed by atoms with Crippen LogP contribution in [0.5, 0.6) is 0 Å². The summed E-state index contributed by atoms with van der Waals surface area (Å²) >= 11 is 6.37. The van der Waals surface area contributed by atoms with Crippen LogP contribution in [0, 0.1) is 18.7 Å². The number of amides is 1.